The number of guanidine groups is 1. The van der Waals surface area contributed by atoms with Crippen molar-refractivity contribution in [3.05, 3.63) is 69.8 Å². The summed E-state index contributed by atoms with van der Waals surface area (Å²) in [6.07, 6.45) is 0.993. The van der Waals surface area contributed by atoms with Crippen molar-refractivity contribution in [1.29, 1.82) is 0 Å². The molecule has 2 aromatic carbocycles. The summed E-state index contributed by atoms with van der Waals surface area (Å²) >= 11 is 0. The van der Waals surface area contributed by atoms with Crippen LogP contribution in [0.3, 0.4) is 0 Å². The first-order valence-corrected chi connectivity index (χ1v) is 10.8. The highest BCUT2D eigenvalue weighted by molar-refractivity contribution is 14.0. The van der Waals surface area contributed by atoms with Gasteiger partial charge in [-0.15, -0.1) is 24.0 Å². The number of aliphatic imine (C=N–C) groups is 1. The SMILES string of the molecule is COc1ccccc1CNC(=NCc1ccc([N+](=O)[O-])cc1)NCCCN1CCOCC1.I. The van der Waals surface area contributed by atoms with Crippen LogP contribution in [0.15, 0.2) is 53.5 Å². The first-order valence-electron chi connectivity index (χ1n) is 10.8. The Hall–Kier alpha value is -2.44. The topological polar surface area (TPSA) is 101 Å². The summed E-state index contributed by atoms with van der Waals surface area (Å²) < 4.78 is 10.8. The summed E-state index contributed by atoms with van der Waals surface area (Å²) in [5.41, 5.74) is 2.02. The molecular formula is C23H32IN5O4. The highest BCUT2D eigenvalue weighted by Gasteiger charge is 2.10. The Morgan fingerprint density at radius 3 is 2.58 bits per heavy atom. The van der Waals surface area contributed by atoms with E-state index in [1.54, 1.807) is 19.2 Å². The van der Waals surface area contributed by atoms with Crippen LogP contribution in [0.1, 0.15) is 17.5 Å². The smallest absolute Gasteiger partial charge is 0.269 e. The van der Waals surface area contributed by atoms with Crippen molar-refractivity contribution in [3.63, 3.8) is 0 Å². The molecule has 33 heavy (non-hydrogen) atoms. The molecule has 180 valence electrons. The van der Waals surface area contributed by atoms with Crippen LogP contribution >= 0.6 is 24.0 Å². The van der Waals surface area contributed by atoms with Gasteiger partial charge in [0.25, 0.3) is 5.69 Å². The fraction of sp³-hybridized carbons (Fsp3) is 0.435. The number of ether oxygens (including phenoxy) is 2. The first-order chi connectivity index (χ1) is 15.7. The summed E-state index contributed by atoms with van der Waals surface area (Å²) in [6, 6.07) is 14.3. The third-order valence-corrected chi connectivity index (χ3v) is 5.25. The summed E-state index contributed by atoms with van der Waals surface area (Å²) in [7, 11) is 1.66. The molecule has 0 radical (unpaired) electrons. The number of methoxy groups -OCH3 is 1. The molecule has 1 aliphatic rings. The number of nitrogens with one attached hydrogen (secondary N) is 2. The number of non-ortho nitro benzene ring substituents is 1. The standard InChI is InChI=1S/C23H31N5O4.HI/c1-31-22-6-3-2-5-20(22)18-26-23(24-11-4-12-27-13-15-32-16-14-27)25-17-19-7-9-21(10-8-19)28(29)30;/h2-3,5-10H,4,11-18H2,1H3,(H2,24,25,26);1H. The number of nitrogens with zero attached hydrogens (tertiary/aromatic N) is 3. The van der Waals surface area contributed by atoms with E-state index in [1.807, 2.05) is 24.3 Å². The molecule has 1 fully saturated rings. The molecule has 0 bridgehead atoms. The molecule has 0 aromatic heterocycles. The quantitative estimate of drug-likeness (QED) is 0.113. The van der Waals surface area contributed by atoms with Crippen molar-refractivity contribution in [2.24, 2.45) is 4.99 Å². The highest BCUT2D eigenvalue weighted by atomic mass is 127. The van der Waals surface area contributed by atoms with Gasteiger partial charge in [-0.2, -0.15) is 0 Å². The molecule has 0 spiro atoms. The Kier molecular flexibility index (Phi) is 11.9. The lowest BCUT2D eigenvalue weighted by atomic mass is 10.2. The number of morpholine rings is 1. The van der Waals surface area contributed by atoms with Crippen LogP contribution in [-0.4, -0.2) is 62.3 Å². The molecule has 1 heterocycles. The van der Waals surface area contributed by atoms with Crippen LogP contribution in [0.2, 0.25) is 0 Å². The van der Waals surface area contributed by atoms with Crippen LogP contribution in [0.4, 0.5) is 5.69 Å². The zero-order valence-corrected chi connectivity index (χ0v) is 21.2. The lowest BCUT2D eigenvalue weighted by Crippen LogP contribution is -2.40. The molecule has 0 unspecified atom stereocenters. The van der Waals surface area contributed by atoms with Gasteiger partial charge in [0.15, 0.2) is 5.96 Å². The molecule has 2 aromatic rings. The van der Waals surface area contributed by atoms with Crippen molar-refractivity contribution in [3.8, 4) is 5.75 Å². The van der Waals surface area contributed by atoms with Gasteiger partial charge in [0.1, 0.15) is 5.75 Å². The van der Waals surface area contributed by atoms with E-state index in [0.29, 0.717) is 19.0 Å². The molecule has 9 nitrogen and oxygen atoms in total. The maximum atomic E-state index is 10.8. The predicted octanol–water partition coefficient (Wildman–Crippen LogP) is 3.18. The molecule has 1 aliphatic heterocycles. The van der Waals surface area contributed by atoms with E-state index in [2.05, 4.69) is 20.5 Å². The van der Waals surface area contributed by atoms with E-state index in [4.69, 9.17) is 9.47 Å². The van der Waals surface area contributed by atoms with Crippen molar-refractivity contribution in [2.75, 3.05) is 46.5 Å². The number of rotatable bonds is 10. The number of benzene rings is 2. The molecule has 10 heteroatoms. The number of hydrogen-bond donors (Lipinski definition) is 2. The second-order valence-corrected chi connectivity index (χ2v) is 7.49. The number of hydrogen-bond acceptors (Lipinski definition) is 6. The third-order valence-electron chi connectivity index (χ3n) is 5.25. The van der Waals surface area contributed by atoms with Crippen molar-refractivity contribution in [2.45, 2.75) is 19.5 Å². The first kappa shape index (κ1) is 26.8. The fourth-order valence-electron chi connectivity index (χ4n) is 3.43. The number of nitro benzene ring substituents is 1. The molecule has 0 aliphatic carbocycles. The van der Waals surface area contributed by atoms with Gasteiger partial charge in [0, 0.05) is 43.9 Å². The Balaban J connectivity index is 0.00000385. The molecular weight excluding hydrogens is 537 g/mol. The molecule has 3 rings (SSSR count). The lowest BCUT2D eigenvalue weighted by molar-refractivity contribution is -0.384. The van der Waals surface area contributed by atoms with Gasteiger partial charge in [-0.1, -0.05) is 30.3 Å². The van der Waals surface area contributed by atoms with E-state index in [0.717, 1.165) is 62.7 Å². The van der Waals surface area contributed by atoms with Crippen LogP contribution in [-0.2, 0) is 17.8 Å². The van der Waals surface area contributed by atoms with Crippen molar-refractivity contribution in [1.82, 2.24) is 15.5 Å². The zero-order chi connectivity index (χ0) is 22.6. The normalized spacial score (nSPS) is 14.3. The second kappa shape index (κ2) is 14.7. The second-order valence-electron chi connectivity index (χ2n) is 7.49. The molecule has 0 amide bonds. The van der Waals surface area contributed by atoms with Gasteiger partial charge < -0.3 is 20.1 Å². The van der Waals surface area contributed by atoms with E-state index >= 15 is 0 Å². The number of nitro groups is 1. The Labute approximate surface area is 211 Å². The van der Waals surface area contributed by atoms with Gasteiger partial charge in [-0.25, -0.2) is 4.99 Å². The van der Waals surface area contributed by atoms with E-state index in [-0.39, 0.29) is 29.7 Å². The van der Waals surface area contributed by atoms with Gasteiger partial charge in [0.05, 0.1) is 31.8 Å². The zero-order valence-electron chi connectivity index (χ0n) is 18.9. The van der Waals surface area contributed by atoms with Gasteiger partial charge in [-0.05, 0) is 24.6 Å². The van der Waals surface area contributed by atoms with Crippen LogP contribution in [0.5, 0.6) is 5.75 Å². The van der Waals surface area contributed by atoms with Crippen LogP contribution in [0, 0.1) is 10.1 Å². The Bertz CT molecular complexity index is 889. The van der Waals surface area contributed by atoms with Crippen molar-refractivity contribution < 1.29 is 14.4 Å². The van der Waals surface area contributed by atoms with Crippen LogP contribution in [0.25, 0.3) is 0 Å². The van der Waals surface area contributed by atoms with Gasteiger partial charge >= 0.3 is 0 Å². The lowest BCUT2D eigenvalue weighted by Gasteiger charge is -2.26. The van der Waals surface area contributed by atoms with E-state index < -0.39 is 4.92 Å². The maximum Gasteiger partial charge on any atom is 0.269 e. The minimum absolute atomic E-state index is 0. The van der Waals surface area contributed by atoms with Crippen LogP contribution < -0.4 is 15.4 Å². The molecule has 0 atom stereocenters. The Morgan fingerprint density at radius 1 is 1.15 bits per heavy atom. The average Bonchev–Trinajstić information content (AvgIpc) is 2.84. The molecule has 1 saturated heterocycles. The highest BCUT2D eigenvalue weighted by Crippen LogP contribution is 2.16. The predicted molar refractivity (Wildman–Crippen MR) is 139 cm³/mol. The average molecular weight is 569 g/mol. The van der Waals surface area contributed by atoms with Gasteiger partial charge in [0.2, 0.25) is 0 Å². The fourth-order valence-corrected chi connectivity index (χ4v) is 3.43. The van der Waals surface area contributed by atoms with E-state index in [9.17, 15) is 10.1 Å². The largest absolute Gasteiger partial charge is 0.496 e. The molecule has 2 N–H and O–H groups in total. The third kappa shape index (κ3) is 9.14. The minimum Gasteiger partial charge on any atom is -0.496 e. The number of halogens is 1. The van der Waals surface area contributed by atoms with E-state index in [1.165, 1.54) is 12.1 Å². The Morgan fingerprint density at radius 2 is 1.88 bits per heavy atom. The summed E-state index contributed by atoms with van der Waals surface area (Å²) in [5, 5.41) is 17.6. The summed E-state index contributed by atoms with van der Waals surface area (Å²) in [6.45, 7) is 6.35. The monoisotopic (exact) mass is 569 g/mol. The minimum atomic E-state index is -0.400. The molecule has 0 saturated carbocycles. The summed E-state index contributed by atoms with van der Waals surface area (Å²) in [5.74, 6) is 1.51. The summed E-state index contributed by atoms with van der Waals surface area (Å²) in [4.78, 5) is 17.5. The van der Waals surface area contributed by atoms with Crippen molar-refractivity contribution >= 4 is 35.6 Å². The van der Waals surface area contributed by atoms with Gasteiger partial charge in [-0.3, -0.25) is 15.0 Å². The number of para-hydroxylation sites is 1. The maximum absolute atomic E-state index is 10.8.